The van der Waals surface area contributed by atoms with Crippen molar-refractivity contribution in [2.75, 3.05) is 6.61 Å². The highest BCUT2D eigenvalue weighted by atomic mass is 16.5. The number of hydrogen-bond acceptors (Lipinski definition) is 3. The van der Waals surface area contributed by atoms with E-state index in [0.717, 1.165) is 19.4 Å². The lowest BCUT2D eigenvalue weighted by molar-refractivity contribution is 0.0961. The van der Waals surface area contributed by atoms with Gasteiger partial charge in [-0.05, 0) is 24.5 Å². The average molecular weight is 209 g/mol. The molecule has 1 saturated heterocycles. The Bertz CT molecular complexity index is 380. The van der Waals surface area contributed by atoms with Crippen molar-refractivity contribution >= 4 is 0 Å². The van der Waals surface area contributed by atoms with Crippen LogP contribution in [0.15, 0.2) is 23.1 Å². The Kier molecular flexibility index (Phi) is 3.18. The number of rotatable bonds is 3. The molecule has 1 aromatic rings. The van der Waals surface area contributed by atoms with Crippen LogP contribution in [0, 0.1) is 0 Å². The molecule has 1 aliphatic rings. The van der Waals surface area contributed by atoms with Crippen molar-refractivity contribution in [3.63, 3.8) is 0 Å². The van der Waals surface area contributed by atoms with Crippen molar-refractivity contribution in [2.24, 2.45) is 0 Å². The molecule has 2 rings (SSSR count). The van der Waals surface area contributed by atoms with Crippen LogP contribution < -0.4 is 5.56 Å². The van der Waals surface area contributed by atoms with Crippen LogP contribution in [0.4, 0.5) is 0 Å². The van der Waals surface area contributed by atoms with E-state index in [4.69, 9.17) is 9.84 Å². The van der Waals surface area contributed by atoms with Gasteiger partial charge in [0, 0.05) is 18.9 Å². The monoisotopic (exact) mass is 209 g/mol. The van der Waals surface area contributed by atoms with Crippen molar-refractivity contribution in [3.8, 4) is 0 Å². The third kappa shape index (κ3) is 2.46. The second kappa shape index (κ2) is 4.59. The van der Waals surface area contributed by atoms with Gasteiger partial charge in [-0.2, -0.15) is 0 Å². The van der Waals surface area contributed by atoms with E-state index in [9.17, 15) is 4.79 Å². The third-order valence-electron chi connectivity index (χ3n) is 2.67. The van der Waals surface area contributed by atoms with Gasteiger partial charge in [-0.3, -0.25) is 4.79 Å². The van der Waals surface area contributed by atoms with Crippen molar-refractivity contribution in [1.29, 1.82) is 0 Å². The minimum atomic E-state index is -0.0873. The lowest BCUT2D eigenvalue weighted by Gasteiger charge is -2.11. The van der Waals surface area contributed by atoms with Gasteiger partial charge in [0.05, 0.1) is 19.3 Å². The highest BCUT2D eigenvalue weighted by molar-refractivity contribution is 5.09. The molecule has 82 valence electrons. The summed E-state index contributed by atoms with van der Waals surface area (Å²) in [6, 6.07) is 3.23. The zero-order valence-corrected chi connectivity index (χ0v) is 8.56. The molecule has 1 aliphatic heterocycles. The van der Waals surface area contributed by atoms with Crippen LogP contribution in [0.1, 0.15) is 18.4 Å². The van der Waals surface area contributed by atoms with Gasteiger partial charge in [0.25, 0.3) is 5.56 Å². The Morgan fingerprint density at radius 3 is 3.07 bits per heavy atom. The topological polar surface area (TPSA) is 51.5 Å². The molecule has 0 aromatic carbocycles. The van der Waals surface area contributed by atoms with E-state index in [1.807, 2.05) is 0 Å². The van der Waals surface area contributed by atoms with Crippen LogP contribution in [-0.2, 0) is 17.9 Å². The molecule has 15 heavy (non-hydrogen) atoms. The van der Waals surface area contributed by atoms with Crippen LogP contribution in [-0.4, -0.2) is 22.4 Å². The molecule has 0 bridgehead atoms. The predicted octanol–water partition coefficient (Wildman–Crippen LogP) is 0.520. The molecular weight excluding hydrogens is 194 g/mol. The largest absolute Gasteiger partial charge is 0.392 e. The fourth-order valence-electron chi connectivity index (χ4n) is 1.81. The van der Waals surface area contributed by atoms with Crippen molar-refractivity contribution in [1.82, 2.24) is 4.57 Å². The molecule has 2 heterocycles. The normalized spacial score (nSPS) is 20.7. The maximum atomic E-state index is 11.6. The number of aromatic nitrogens is 1. The molecule has 0 saturated carbocycles. The van der Waals surface area contributed by atoms with Gasteiger partial charge in [0.15, 0.2) is 0 Å². The van der Waals surface area contributed by atoms with E-state index in [0.29, 0.717) is 12.1 Å². The molecule has 4 heteroatoms. The molecule has 1 aromatic heterocycles. The van der Waals surface area contributed by atoms with E-state index in [1.165, 1.54) is 6.07 Å². The first-order valence-electron chi connectivity index (χ1n) is 5.21. The molecule has 0 spiro atoms. The lowest BCUT2D eigenvalue weighted by atomic mass is 10.2. The van der Waals surface area contributed by atoms with E-state index in [-0.39, 0.29) is 18.3 Å². The van der Waals surface area contributed by atoms with Gasteiger partial charge >= 0.3 is 0 Å². The summed E-state index contributed by atoms with van der Waals surface area (Å²) in [5.74, 6) is 0. The van der Waals surface area contributed by atoms with E-state index in [2.05, 4.69) is 0 Å². The van der Waals surface area contributed by atoms with Crippen molar-refractivity contribution < 1.29 is 9.84 Å². The standard InChI is InChI=1S/C11H15NO3/c13-8-9-3-4-12(11(14)6-9)7-10-2-1-5-15-10/h3-4,6,10,13H,1-2,5,7-8H2. The molecule has 0 aliphatic carbocycles. The molecule has 1 unspecified atom stereocenters. The van der Waals surface area contributed by atoms with Gasteiger partial charge in [-0.1, -0.05) is 0 Å². The fraction of sp³-hybridized carbons (Fsp3) is 0.545. The van der Waals surface area contributed by atoms with Crippen molar-refractivity contribution in [2.45, 2.75) is 32.1 Å². The van der Waals surface area contributed by atoms with Crippen LogP contribution in [0.25, 0.3) is 0 Å². The van der Waals surface area contributed by atoms with Crippen molar-refractivity contribution in [3.05, 3.63) is 34.2 Å². The van der Waals surface area contributed by atoms with Gasteiger partial charge in [-0.25, -0.2) is 0 Å². The zero-order valence-electron chi connectivity index (χ0n) is 8.56. The van der Waals surface area contributed by atoms with Crippen LogP contribution >= 0.6 is 0 Å². The lowest BCUT2D eigenvalue weighted by Crippen LogP contribution is -2.25. The van der Waals surface area contributed by atoms with E-state index < -0.39 is 0 Å². The maximum Gasteiger partial charge on any atom is 0.250 e. The van der Waals surface area contributed by atoms with Crippen LogP contribution in [0.3, 0.4) is 0 Å². The predicted molar refractivity (Wildman–Crippen MR) is 55.6 cm³/mol. The summed E-state index contributed by atoms with van der Waals surface area (Å²) in [4.78, 5) is 11.6. The molecule has 1 N–H and O–H groups in total. The molecular formula is C11H15NO3. The number of nitrogens with zero attached hydrogens (tertiary/aromatic N) is 1. The highest BCUT2D eigenvalue weighted by Gasteiger charge is 2.16. The second-order valence-electron chi connectivity index (χ2n) is 3.82. The summed E-state index contributed by atoms with van der Waals surface area (Å²) in [6.45, 7) is 1.33. The number of aliphatic hydroxyl groups is 1. The first-order valence-corrected chi connectivity index (χ1v) is 5.21. The zero-order chi connectivity index (χ0) is 10.7. The average Bonchev–Trinajstić information content (AvgIpc) is 2.74. The molecule has 1 atom stereocenters. The number of pyridine rings is 1. The number of ether oxygens (including phenoxy) is 1. The Balaban J connectivity index is 2.11. The van der Waals surface area contributed by atoms with Crippen LogP contribution in [0.2, 0.25) is 0 Å². The van der Waals surface area contributed by atoms with Gasteiger partial charge in [-0.15, -0.1) is 0 Å². The minimum Gasteiger partial charge on any atom is -0.392 e. The summed E-state index contributed by atoms with van der Waals surface area (Å²) in [5.41, 5.74) is 0.584. The van der Waals surface area contributed by atoms with Gasteiger partial charge in [0.2, 0.25) is 0 Å². The molecule has 0 radical (unpaired) electrons. The Morgan fingerprint density at radius 2 is 2.47 bits per heavy atom. The number of hydrogen-bond donors (Lipinski definition) is 1. The molecule has 4 nitrogen and oxygen atoms in total. The summed E-state index contributed by atoms with van der Waals surface area (Å²) in [5, 5.41) is 8.86. The Labute approximate surface area is 88.1 Å². The third-order valence-corrected chi connectivity index (χ3v) is 2.67. The van der Waals surface area contributed by atoms with Gasteiger partial charge in [0.1, 0.15) is 0 Å². The Hall–Kier alpha value is -1.13. The summed E-state index contributed by atoms with van der Waals surface area (Å²) in [7, 11) is 0. The maximum absolute atomic E-state index is 11.6. The minimum absolute atomic E-state index is 0.0722. The highest BCUT2D eigenvalue weighted by Crippen LogP contribution is 2.13. The second-order valence-corrected chi connectivity index (χ2v) is 3.82. The first kappa shape index (κ1) is 10.4. The summed E-state index contributed by atoms with van der Waals surface area (Å²) >= 11 is 0. The smallest absolute Gasteiger partial charge is 0.250 e. The molecule has 1 fully saturated rings. The van der Waals surface area contributed by atoms with E-state index >= 15 is 0 Å². The quantitative estimate of drug-likeness (QED) is 0.789. The summed E-state index contributed by atoms with van der Waals surface area (Å²) < 4.78 is 7.09. The van der Waals surface area contributed by atoms with Crippen LogP contribution in [0.5, 0.6) is 0 Å². The van der Waals surface area contributed by atoms with Gasteiger partial charge < -0.3 is 14.4 Å². The SMILES string of the molecule is O=c1cc(CO)ccn1CC1CCCO1. The first-order chi connectivity index (χ1) is 7.29. The summed E-state index contributed by atoms with van der Waals surface area (Å²) in [6.07, 6.45) is 3.99. The molecule has 0 amide bonds. The number of aliphatic hydroxyl groups excluding tert-OH is 1. The fourth-order valence-corrected chi connectivity index (χ4v) is 1.81. The van der Waals surface area contributed by atoms with E-state index in [1.54, 1.807) is 16.8 Å². The Morgan fingerprint density at radius 1 is 1.60 bits per heavy atom.